The van der Waals surface area contributed by atoms with E-state index in [0.29, 0.717) is 53.1 Å². The van der Waals surface area contributed by atoms with E-state index >= 15 is 0 Å². The van der Waals surface area contributed by atoms with E-state index in [2.05, 4.69) is 5.32 Å². The third kappa shape index (κ3) is 7.14. The number of carbonyl (C=O) groups excluding carboxylic acids is 2. The van der Waals surface area contributed by atoms with Crippen LogP contribution in [0.1, 0.15) is 56.8 Å². The zero-order valence-electron chi connectivity index (χ0n) is 25.1. The lowest BCUT2D eigenvalue weighted by Crippen LogP contribution is -2.41. The number of amides is 2. The van der Waals surface area contributed by atoms with Crippen LogP contribution >= 0.6 is 11.6 Å². The molecule has 2 aliphatic rings. The van der Waals surface area contributed by atoms with E-state index in [-0.39, 0.29) is 23.7 Å². The molecule has 1 saturated heterocycles. The molecule has 0 bridgehead atoms. The maximum Gasteiger partial charge on any atom is 0.414 e. The van der Waals surface area contributed by atoms with Crippen molar-refractivity contribution in [3.05, 3.63) is 71.4 Å². The van der Waals surface area contributed by atoms with Crippen molar-refractivity contribution in [2.24, 2.45) is 5.92 Å². The first-order valence-corrected chi connectivity index (χ1v) is 15.3. The van der Waals surface area contributed by atoms with Gasteiger partial charge in [0.25, 0.3) is 5.91 Å². The molecule has 1 aliphatic heterocycles. The molecule has 10 nitrogen and oxygen atoms in total. The molecular formula is C33H36ClN5O5. The van der Waals surface area contributed by atoms with E-state index in [1.807, 2.05) is 32.9 Å². The van der Waals surface area contributed by atoms with Crippen molar-refractivity contribution in [1.29, 1.82) is 0 Å². The first-order valence-electron chi connectivity index (χ1n) is 14.9. The molecule has 0 unspecified atom stereocenters. The molecule has 230 valence electrons. The number of fused-ring (bicyclic) bond motifs is 1. The SMILES string of the molecule is CC(C)(C)OC(=O)N(CC1CCOCC1)c1cc(Oc2cccc(Cl)c2)nn2c(-c3ccc(C(=O)NC4CC4)cc3)cnc12. The highest BCUT2D eigenvalue weighted by Gasteiger charge is 2.30. The van der Waals surface area contributed by atoms with E-state index in [1.54, 1.807) is 58.1 Å². The van der Waals surface area contributed by atoms with Crippen molar-refractivity contribution in [2.45, 2.75) is 58.1 Å². The van der Waals surface area contributed by atoms with Gasteiger partial charge in [-0.3, -0.25) is 9.69 Å². The number of aromatic nitrogens is 3. The van der Waals surface area contributed by atoms with Crippen LogP contribution in [0.3, 0.4) is 0 Å². The summed E-state index contributed by atoms with van der Waals surface area (Å²) in [4.78, 5) is 32.7. The molecule has 4 aromatic rings. The van der Waals surface area contributed by atoms with E-state index in [1.165, 1.54) is 0 Å². The van der Waals surface area contributed by atoms with Crippen molar-refractivity contribution < 1.29 is 23.8 Å². The van der Waals surface area contributed by atoms with Gasteiger partial charge in [-0.25, -0.2) is 14.3 Å². The molecule has 1 aliphatic carbocycles. The first-order chi connectivity index (χ1) is 21.1. The number of carbonyl (C=O) groups is 2. The normalized spacial score (nSPS) is 15.6. The third-order valence-electron chi connectivity index (χ3n) is 7.49. The Bertz CT molecular complexity index is 1660. The average molecular weight is 618 g/mol. The van der Waals surface area contributed by atoms with Gasteiger partial charge in [-0.1, -0.05) is 29.8 Å². The number of rotatable bonds is 8. The highest BCUT2D eigenvalue weighted by atomic mass is 35.5. The Labute approximate surface area is 261 Å². The number of benzene rings is 2. The zero-order valence-corrected chi connectivity index (χ0v) is 25.8. The van der Waals surface area contributed by atoms with Crippen LogP contribution in [0.15, 0.2) is 60.8 Å². The standard InChI is InChI=1S/C33H36ClN5O5/c1-33(2,3)44-32(41)38(20-21-13-15-42-16-14-21)27-18-29(43-26-6-4-5-24(34)17-26)37-39-28(19-35-30(27)39)22-7-9-23(10-8-22)31(40)36-25-11-12-25/h4-10,17-19,21,25H,11-16,20H2,1-3H3,(H,36,40). The monoisotopic (exact) mass is 617 g/mol. The van der Waals surface area contributed by atoms with Crippen LogP contribution in [0.5, 0.6) is 11.6 Å². The number of halogens is 1. The van der Waals surface area contributed by atoms with Crippen LogP contribution < -0.4 is 15.0 Å². The molecule has 0 spiro atoms. The molecule has 2 fully saturated rings. The number of anilines is 1. The quantitative estimate of drug-likeness (QED) is 0.229. The first kappa shape index (κ1) is 29.9. The Morgan fingerprint density at radius 1 is 1.07 bits per heavy atom. The lowest BCUT2D eigenvalue weighted by molar-refractivity contribution is 0.0515. The minimum Gasteiger partial charge on any atom is -0.443 e. The van der Waals surface area contributed by atoms with E-state index in [4.69, 9.17) is 35.9 Å². The van der Waals surface area contributed by atoms with E-state index in [9.17, 15) is 9.59 Å². The molecule has 0 atom stereocenters. The molecule has 11 heteroatoms. The number of hydrogen-bond donors (Lipinski definition) is 1. The fourth-order valence-corrected chi connectivity index (χ4v) is 5.27. The molecule has 3 heterocycles. The molecule has 0 radical (unpaired) electrons. The third-order valence-corrected chi connectivity index (χ3v) is 7.72. The van der Waals surface area contributed by atoms with Gasteiger partial charge < -0.3 is 19.5 Å². The van der Waals surface area contributed by atoms with Crippen LogP contribution in [-0.2, 0) is 9.47 Å². The van der Waals surface area contributed by atoms with Crippen LogP contribution in [0.25, 0.3) is 16.9 Å². The highest BCUT2D eigenvalue weighted by molar-refractivity contribution is 6.30. The maximum atomic E-state index is 13.8. The van der Waals surface area contributed by atoms with Crippen LogP contribution in [0.4, 0.5) is 10.5 Å². The van der Waals surface area contributed by atoms with Gasteiger partial charge >= 0.3 is 6.09 Å². The number of nitrogens with zero attached hydrogens (tertiary/aromatic N) is 4. The second kappa shape index (κ2) is 12.5. The second-order valence-corrected chi connectivity index (χ2v) is 12.7. The Kier molecular flexibility index (Phi) is 8.46. The van der Waals surface area contributed by atoms with E-state index in [0.717, 1.165) is 31.2 Å². The Balaban J connectivity index is 1.43. The van der Waals surface area contributed by atoms with Gasteiger partial charge in [0.1, 0.15) is 11.4 Å². The van der Waals surface area contributed by atoms with Crippen LogP contribution in [0.2, 0.25) is 5.02 Å². The summed E-state index contributed by atoms with van der Waals surface area (Å²) in [6.07, 6.45) is 4.92. The number of nitrogens with one attached hydrogen (secondary N) is 1. The molecule has 2 amide bonds. The van der Waals surface area contributed by atoms with Crippen molar-refractivity contribution in [2.75, 3.05) is 24.7 Å². The number of hydrogen-bond acceptors (Lipinski definition) is 7. The summed E-state index contributed by atoms with van der Waals surface area (Å²) < 4.78 is 19.3. The Morgan fingerprint density at radius 2 is 1.82 bits per heavy atom. The van der Waals surface area contributed by atoms with Gasteiger partial charge in [0.05, 0.1) is 17.6 Å². The predicted octanol–water partition coefficient (Wildman–Crippen LogP) is 6.90. The number of imidazole rings is 1. The number of ether oxygens (including phenoxy) is 3. The maximum absolute atomic E-state index is 13.8. The molecule has 1 N–H and O–H groups in total. The summed E-state index contributed by atoms with van der Waals surface area (Å²) in [5.41, 5.74) is 2.31. The fourth-order valence-electron chi connectivity index (χ4n) is 5.09. The van der Waals surface area contributed by atoms with Gasteiger partial charge in [0, 0.05) is 48.0 Å². The minimum atomic E-state index is -0.706. The molecule has 1 saturated carbocycles. The lowest BCUT2D eigenvalue weighted by atomic mass is 9.99. The van der Waals surface area contributed by atoms with Gasteiger partial charge in [-0.05, 0) is 82.7 Å². The summed E-state index contributed by atoms with van der Waals surface area (Å²) in [7, 11) is 0. The van der Waals surface area contributed by atoms with Crippen LogP contribution in [-0.4, -0.2) is 58.0 Å². The van der Waals surface area contributed by atoms with Gasteiger partial charge in [-0.15, -0.1) is 5.10 Å². The van der Waals surface area contributed by atoms with Gasteiger partial charge in [0.2, 0.25) is 5.88 Å². The van der Waals surface area contributed by atoms with E-state index < -0.39 is 11.7 Å². The molecular weight excluding hydrogens is 582 g/mol. The van der Waals surface area contributed by atoms with Crippen molar-refractivity contribution in [3.63, 3.8) is 0 Å². The second-order valence-electron chi connectivity index (χ2n) is 12.3. The summed E-state index contributed by atoms with van der Waals surface area (Å²) in [5, 5.41) is 8.31. The zero-order chi connectivity index (χ0) is 30.8. The minimum absolute atomic E-state index is 0.0871. The topological polar surface area (TPSA) is 107 Å². The van der Waals surface area contributed by atoms with Crippen molar-refractivity contribution in [3.8, 4) is 22.9 Å². The average Bonchev–Trinajstić information content (AvgIpc) is 3.70. The largest absolute Gasteiger partial charge is 0.443 e. The Morgan fingerprint density at radius 3 is 2.50 bits per heavy atom. The smallest absolute Gasteiger partial charge is 0.414 e. The van der Waals surface area contributed by atoms with Gasteiger partial charge in [-0.2, -0.15) is 0 Å². The summed E-state index contributed by atoms with van der Waals surface area (Å²) >= 11 is 6.23. The molecule has 6 rings (SSSR count). The Hall–Kier alpha value is -4.15. The predicted molar refractivity (Wildman–Crippen MR) is 168 cm³/mol. The lowest BCUT2D eigenvalue weighted by Gasteiger charge is -2.31. The fraction of sp³-hybridized carbons (Fsp3) is 0.394. The molecule has 2 aromatic heterocycles. The highest BCUT2D eigenvalue weighted by Crippen LogP contribution is 2.34. The van der Waals surface area contributed by atoms with Crippen molar-refractivity contribution in [1.82, 2.24) is 19.9 Å². The van der Waals surface area contributed by atoms with Crippen molar-refractivity contribution >= 4 is 34.9 Å². The summed E-state index contributed by atoms with van der Waals surface area (Å²) in [6.45, 7) is 7.23. The van der Waals surface area contributed by atoms with Gasteiger partial charge in [0.15, 0.2) is 5.65 Å². The summed E-state index contributed by atoms with van der Waals surface area (Å²) in [6, 6.07) is 16.3. The summed E-state index contributed by atoms with van der Waals surface area (Å²) in [5.74, 6) is 0.868. The molecule has 2 aromatic carbocycles. The molecule has 44 heavy (non-hydrogen) atoms. The van der Waals surface area contributed by atoms with Crippen LogP contribution in [0, 0.1) is 5.92 Å².